The van der Waals surface area contributed by atoms with Crippen molar-refractivity contribution < 1.29 is 18.3 Å². The van der Waals surface area contributed by atoms with Crippen molar-refractivity contribution >= 4 is 17.3 Å². The molecule has 2 aromatic carbocycles. The zero-order valence-electron chi connectivity index (χ0n) is 17.4. The number of hydrogen-bond acceptors (Lipinski definition) is 4. The minimum Gasteiger partial charge on any atom is -0.378 e. The molecular weight excluding hydrogens is 402 g/mol. The summed E-state index contributed by atoms with van der Waals surface area (Å²) in [5.74, 6) is -1.14. The number of ether oxygens (including phenoxy) is 1. The maximum Gasteiger partial charge on any atom is 0.259 e. The highest BCUT2D eigenvalue weighted by atomic mass is 19.1. The van der Waals surface area contributed by atoms with Crippen LogP contribution < -0.4 is 10.2 Å². The molecule has 8 heteroatoms. The maximum atomic E-state index is 14.7. The molecule has 1 aliphatic rings. The first-order valence-corrected chi connectivity index (χ1v) is 10.2. The average molecular weight is 426 g/mol. The van der Waals surface area contributed by atoms with E-state index in [0.29, 0.717) is 54.6 Å². The van der Waals surface area contributed by atoms with Gasteiger partial charge in [0.1, 0.15) is 11.6 Å². The first-order chi connectivity index (χ1) is 14.9. The molecule has 0 spiro atoms. The van der Waals surface area contributed by atoms with E-state index in [9.17, 15) is 13.6 Å². The van der Waals surface area contributed by atoms with Gasteiger partial charge in [0, 0.05) is 18.8 Å². The van der Waals surface area contributed by atoms with Crippen LogP contribution in [0.15, 0.2) is 48.7 Å². The SMILES string of the molecule is CC(C)c1c(C(=O)Nc2ccc(N3CCOCC3)c(F)c2)cnn1-c1ccc(F)cc1. The maximum absolute atomic E-state index is 14.7. The lowest BCUT2D eigenvalue weighted by Gasteiger charge is -2.29. The van der Waals surface area contributed by atoms with Gasteiger partial charge >= 0.3 is 0 Å². The quantitative estimate of drug-likeness (QED) is 0.659. The molecule has 1 fully saturated rings. The largest absolute Gasteiger partial charge is 0.378 e. The highest BCUT2D eigenvalue weighted by molar-refractivity contribution is 6.05. The number of rotatable bonds is 5. The third kappa shape index (κ3) is 4.44. The summed E-state index contributed by atoms with van der Waals surface area (Å²) in [5.41, 5.74) is 2.59. The zero-order chi connectivity index (χ0) is 22.0. The second kappa shape index (κ2) is 8.85. The second-order valence-electron chi connectivity index (χ2n) is 7.71. The van der Waals surface area contributed by atoms with Crippen LogP contribution in [0.1, 0.15) is 35.8 Å². The van der Waals surface area contributed by atoms with Crippen molar-refractivity contribution in [1.29, 1.82) is 0 Å². The van der Waals surface area contributed by atoms with E-state index in [1.54, 1.807) is 28.9 Å². The number of carbonyl (C=O) groups is 1. The number of morpholine rings is 1. The molecule has 6 nitrogen and oxygen atoms in total. The Morgan fingerprint density at radius 3 is 2.45 bits per heavy atom. The van der Waals surface area contributed by atoms with Crippen LogP contribution in [-0.2, 0) is 4.74 Å². The number of benzene rings is 2. The third-order valence-corrected chi connectivity index (χ3v) is 5.23. The Kier molecular flexibility index (Phi) is 5.99. The molecule has 31 heavy (non-hydrogen) atoms. The Balaban J connectivity index is 1.57. The summed E-state index contributed by atoms with van der Waals surface area (Å²) in [7, 11) is 0. The molecule has 0 unspecified atom stereocenters. The summed E-state index contributed by atoms with van der Waals surface area (Å²) in [6, 6.07) is 10.6. The van der Waals surface area contributed by atoms with Gasteiger partial charge in [-0.2, -0.15) is 5.10 Å². The van der Waals surface area contributed by atoms with Gasteiger partial charge in [-0.25, -0.2) is 13.5 Å². The fourth-order valence-electron chi connectivity index (χ4n) is 3.72. The Morgan fingerprint density at radius 1 is 1.10 bits per heavy atom. The first kappa shape index (κ1) is 21.0. The normalized spacial score (nSPS) is 14.2. The molecule has 4 rings (SSSR count). The van der Waals surface area contributed by atoms with Crippen molar-refractivity contribution in [3.8, 4) is 5.69 Å². The van der Waals surface area contributed by atoms with E-state index in [1.807, 2.05) is 18.7 Å². The first-order valence-electron chi connectivity index (χ1n) is 10.2. The Bertz CT molecular complexity index is 1070. The van der Waals surface area contributed by atoms with E-state index in [4.69, 9.17) is 4.74 Å². The van der Waals surface area contributed by atoms with E-state index in [1.165, 1.54) is 24.4 Å². The Morgan fingerprint density at radius 2 is 1.81 bits per heavy atom. The number of nitrogens with zero attached hydrogens (tertiary/aromatic N) is 3. The van der Waals surface area contributed by atoms with Crippen molar-refractivity contribution in [2.75, 3.05) is 36.5 Å². The molecule has 0 bridgehead atoms. The van der Waals surface area contributed by atoms with Crippen molar-refractivity contribution in [3.05, 3.63) is 71.6 Å². The molecule has 0 aliphatic carbocycles. The van der Waals surface area contributed by atoms with Gasteiger partial charge in [0.05, 0.1) is 42.0 Å². The van der Waals surface area contributed by atoms with Crippen LogP contribution in [0, 0.1) is 11.6 Å². The third-order valence-electron chi connectivity index (χ3n) is 5.23. The van der Waals surface area contributed by atoms with Crippen LogP contribution in [0.2, 0.25) is 0 Å². The topological polar surface area (TPSA) is 59.4 Å². The van der Waals surface area contributed by atoms with Crippen LogP contribution in [0.3, 0.4) is 0 Å². The summed E-state index contributed by atoms with van der Waals surface area (Å²) < 4.78 is 34.9. The standard InChI is InChI=1S/C23H24F2N4O2/c1-15(2)22-19(14-26-29(22)18-6-3-16(24)4-7-18)23(30)27-17-5-8-21(20(25)13-17)28-9-11-31-12-10-28/h3-8,13-15H,9-12H2,1-2H3,(H,27,30). The predicted molar refractivity (Wildman–Crippen MR) is 115 cm³/mol. The molecule has 1 N–H and O–H groups in total. The monoisotopic (exact) mass is 426 g/mol. The summed E-state index contributed by atoms with van der Waals surface area (Å²) in [6.45, 7) is 6.28. The average Bonchev–Trinajstić information content (AvgIpc) is 3.21. The second-order valence-corrected chi connectivity index (χ2v) is 7.71. The van der Waals surface area contributed by atoms with Crippen LogP contribution in [-0.4, -0.2) is 42.0 Å². The summed E-state index contributed by atoms with van der Waals surface area (Å²) >= 11 is 0. The Hall–Kier alpha value is -3.26. The molecule has 0 saturated carbocycles. The van der Waals surface area contributed by atoms with Crippen LogP contribution in [0.5, 0.6) is 0 Å². The van der Waals surface area contributed by atoms with Crippen LogP contribution in [0.25, 0.3) is 5.69 Å². The van der Waals surface area contributed by atoms with Gasteiger partial charge in [-0.05, 0) is 48.4 Å². The van der Waals surface area contributed by atoms with Gasteiger partial charge in [0.15, 0.2) is 0 Å². The van der Waals surface area contributed by atoms with Gasteiger partial charge in [0.2, 0.25) is 0 Å². The molecule has 1 saturated heterocycles. The number of anilines is 2. The van der Waals surface area contributed by atoms with Crippen molar-refractivity contribution in [3.63, 3.8) is 0 Å². The minimum absolute atomic E-state index is 0.0197. The highest BCUT2D eigenvalue weighted by Crippen LogP contribution is 2.26. The lowest BCUT2D eigenvalue weighted by Crippen LogP contribution is -2.36. The fourth-order valence-corrected chi connectivity index (χ4v) is 3.72. The van der Waals surface area contributed by atoms with Crippen LogP contribution in [0.4, 0.5) is 20.2 Å². The van der Waals surface area contributed by atoms with E-state index in [0.717, 1.165) is 0 Å². The number of carbonyl (C=O) groups excluding carboxylic acids is 1. The predicted octanol–water partition coefficient (Wildman–Crippen LogP) is 4.36. The number of hydrogen-bond donors (Lipinski definition) is 1. The molecule has 2 heterocycles. The summed E-state index contributed by atoms with van der Waals surface area (Å²) in [6.07, 6.45) is 1.48. The number of nitrogens with one attached hydrogen (secondary N) is 1. The number of aromatic nitrogens is 2. The van der Waals surface area contributed by atoms with Gasteiger partial charge in [0.25, 0.3) is 5.91 Å². The number of halogens is 2. The van der Waals surface area contributed by atoms with Crippen LogP contribution >= 0.6 is 0 Å². The van der Waals surface area contributed by atoms with E-state index in [2.05, 4.69) is 10.4 Å². The van der Waals surface area contributed by atoms with Crippen molar-refractivity contribution in [1.82, 2.24) is 9.78 Å². The molecule has 3 aromatic rings. The molecule has 0 radical (unpaired) electrons. The van der Waals surface area contributed by atoms with E-state index >= 15 is 0 Å². The highest BCUT2D eigenvalue weighted by Gasteiger charge is 2.22. The summed E-state index contributed by atoms with van der Waals surface area (Å²) in [4.78, 5) is 14.9. The lowest BCUT2D eigenvalue weighted by molar-refractivity contribution is 0.102. The van der Waals surface area contributed by atoms with Crippen molar-refractivity contribution in [2.45, 2.75) is 19.8 Å². The fraction of sp³-hybridized carbons (Fsp3) is 0.304. The zero-order valence-corrected chi connectivity index (χ0v) is 17.4. The number of amides is 1. The molecule has 1 aliphatic heterocycles. The van der Waals surface area contributed by atoms with E-state index in [-0.39, 0.29) is 17.6 Å². The summed E-state index contributed by atoms with van der Waals surface area (Å²) in [5, 5.41) is 7.10. The lowest BCUT2D eigenvalue weighted by atomic mass is 10.0. The van der Waals surface area contributed by atoms with E-state index < -0.39 is 5.82 Å². The molecular formula is C23H24F2N4O2. The molecule has 1 aromatic heterocycles. The molecule has 1 amide bonds. The Labute approximate surface area is 179 Å². The molecule has 0 atom stereocenters. The van der Waals surface area contributed by atoms with Gasteiger partial charge in [-0.15, -0.1) is 0 Å². The minimum atomic E-state index is -0.397. The smallest absolute Gasteiger partial charge is 0.259 e. The molecule has 162 valence electrons. The van der Waals surface area contributed by atoms with Crippen molar-refractivity contribution in [2.24, 2.45) is 0 Å². The van der Waals surface area contributed by atoms with Gasteiger partial charge in [-0.1, -0.05) is 13.8 Å². The van der Waals surface area contributed by atoms with Gasteiger partial charge in [-0.3, -0.25) is 4.79 Å². The van der Waals surface area contributed by atoms with Gasteiger partial charge < -0.3 is 15.0 Å².